The van der Waals surface area contributed by atoms with Gasteiger partial charge >= 0.3 is 12.3 Å². The van der Waals surface area contributed by atoms with E-state index in [1.54, 1.807) is 0 Å². The van der Waals surface area contributed by atoms with Crippen molar-refractivity contribution in [2.24, 2.45) is 0 Å². The molecule has 0 aromatic carbocycles. The topological polar surface area (TPSA) is 59.4 Å². The predicted molar refractivity (Wildman–Crippen MR) is 52.2 cm³/mol. The van der Waals surface area contributed by atoms with Crippen LogP contribution in [0.4, 0.5) is 22.0 Å². The number of aliphatic carboxylic acids is 1. The van der Waals surface area contributed by atoms with Crippen molar-refractivity contribution < 1.29 is 36.6 Å². The van der Waals surface area contributed by atoms with Gasteiger partial charge in [0.1, 0.15) is 0 Å². The van der Waals surface area contributed by atoms with Crippen LogP contribution in [0, 0.1) is 0 Å². The summed E-state index contributed by atoms with van der Waals surface area (Å²) in [4.78, 5) is 13.6. The number of nitrogens with zero attached hydrogens (tertiary/aromatic N) is 1. The molecule has 0 aliphatic rings. The first kappa shape index (κ1) is 15.4. The molecule has 1 heterocycles. The van der Waals surface area contributed by atoms with Crippen molar-refractivity contribution in [1.29, 1.82) is 0 Å². The predicted octanol–water partition coefficient (Wildman–Crippen LogP) is 3.20. The number of ether oxygens (including phenoxy) is 1. The molecule has 1 aromatic heterocycles. The summed E-state index contributed by atoms with van der Waals surface area (Å²) >= 11 is 5.36. The minimum Gasteiger partial charge on any atom is -0.481 e. The van der Waals surface area contributed by atoms with E-state index in [4.69, 9.17) is 16.7 Å². The molecule has 0 aliphatic heterocycles. The van der Waals surface area contributed by atoms with Crippen LogP contribution in [-0.2, 0) is 11.2 Å². The van der Waals surface area contributed by atoms with Gasteiger partial charge in [0.05, 0.1) is 28.9 Å². The number of aromatic nitrogens is 1. The van der Waals surface area contributed by atoms with Gasteiger partial charge in [-0.05, 0) is 0 Å². The molecule has 0 bridgehead atoms. The van der Waals surface area contributed by atoms with Crippen molar-refractivity contribution >= 4 is 17.6 Å². The number of rotatable bonds is 4. The van der Waals surface area contributed by atoms with Crippen LogP contribution < -0.4 is 4.74 Å². The minimum atomic E-state index is -5.13. The molecule has 4 nitrogen and oxygen atoms in total. The Kier molecular flexibility index (Phi) is 4.51. The molecule has 0 aliphatic carbocycles. The third-order valence-electron chi connectivity index (χ3n) is 1.86. The number of pyridine rings is 1. The lowest BCUT2D eigenvalue weighted by Crippen LogP contribution is -2.18. The van der Waals surface area contributed by atoms with E-state index in [9.17, 15) is 26.7 Å². The molecule has 19 heavy (non-hydrogen) atoms. The molecule has 0 saturated heterocycles. The van der Waals surface area contributed by atoms with Gasteiger partial charge in [-0.15, -0.1) is 13.2 Å². The third kappa shape index (κ3) is 4.19. The van der Waals surface area contributed by atoms with Gasteiger partial charge in [-0.25, -0.2) is 8.78 Å². The summed E-state index contributed by atoms with van der Waals surface area (Å²) in [6.07, 6.45) is -8.86. The molecule has 1 rings (SSSR count). The van der Waals surface area contributed by atoms with Crippen molar-refractivity contribution in [3.8, 4) is 5.75 Å². The molecular weight excluding hydrogens is 301 g/mol. The van der Waals surface area contributed by atoms with E-state index < -0.39 is 47.2 Å². The molecule has 0 atom stereocenters. The van der Waals surface area contributed by atoms with Gasteiger partial charge in [0, 0.05) is 0 Å². The summed E-state index contributed by atoms with van der Waals surface area (Å²) in [5, 5.41) is 7.47. The first-order chi connectivity index (χ1) is 8.61. The average molecular weight is 306 g/mol. The lowest BCUT2D eigenvalue weighted by atomic mass is 10.1. The van der Waals surface area contributed by atoms with Crippen LogP contribution in [0.25, 0.3) is 0 Å². The Hall–Kier alpha value is -1.64. The molecular formula is C9H5ClF5NO3. The number of carboxylic acid groups (broad SMARTS) is 1. The Balaban J connectivity index is 3.27. The Morgan fingerprint density at radius 3 is 2.47 bits per heavy atom. The van der Waals surface area contributed by atoms with E-state index in [2.05, 4.69) is 9.72 Å². The van der Waals surface area contributed by atoms with Crippen molar-refractivity contribution in [3.05, 3.63) is 22.5 Å². The standard InChI is InChI=1S/C9H5ClF5NO3/c10-7-4(19-9(13,14)15)2-16-3(1-5(17)18)6(7)8(11)12/h2,8H,1H2,(H,17,18). The Morgan fingerprint density at radius 2 is 2.05 bits per heavy atom. The van der Waals surface area contributed by atoms with Crippen LogP contribution in [0.5, 0.6) is 5.75 Å². The van der Waals surface area contributed by atoms with Crippen LogP contribution in [0.15, 0.2) is 6.20 Å². The lowest BCUT2D eigenvalue weighted by molar-refractivity contribution is -0.274. The lowest BCUT2D eigenvalue weighted by Gasteiger charge is -2.14. The largest absolute Gasteiger partial charge is 0.573 e. The van der Waals surface area contributed by atoms with Gasteiger partial charge in [0.15, 0.2) is 5.75 Å². The van der Waals surface area contributed by atoms with Crippen LogP contribution in [0.1, 0.15) is 17.7 Å². The van der Waals surface area contributed by atoms with Gasteiger partial charge in [-0.2, -0.15) is 0 Å². The number of halogens is 6. The molecule has 0 spiro atoms. The first-order valence-corrected chi connectivity index (χ1v) is 4.92. The zero-order chi connectivity index (χ0) is 14.8. The summed E-state index contributed by atoms with van der Waals surface area (Å²) in [5.41, 5.74) is -1.71. The van der Waals surface area contributed by atoms with E-state index in [0.717, 1.165) is 0 Å². The van der Waals surface area contributed by atoms with E-state index in [-0.39, 0.29) is 0 Å². The van der Waals surface area contributed by atoms with Gasteiger partial charge in [-0.1, -0.05) is 11.6 Å². The molecule has 0 unspecified atom stereocenters. The van der Waals surface area contributed by atoms with E-state index in [1.807, 2.05) is 0 Å². The SMILES string of the molecule is O=C(O)Cc1ncc(OC(F)(F)F)c(Cl)c1C(F)F. The summed E-state index contributed by atoms with van der Waals surface area (Å²) < 4.78 is 64.7. The second kappa shape index (κ2) is 5.55. The van der Waals surface area contributed by atoms with Gasteiger partial charge < -0.3 is 9.84 Å². The average Bonchev–Trinajstić information content (AvgIpc) is 2.19. The summed E-state index contributed by atoms with van der Waals surface area (Å²) in [6, 6.07) is 0. The monoisotopic (exact) mass is 305 g/mol. The Labute approximate surface area is 107 Å². The maximum Gasteiger partial charge on any atom is 0.573 e. The van der Waals surface area contributed by atoms with Crippen molar-refractivity contribution in [3.63, 3.8) is 0 Å². The fourth-order valence-corrected chi connectivity index (χ4v) is 1.50. The quantitative estimate of drug-likeness (QED) is 0.868. The summed E-state index contributed by atoms with van der Waals surface area (Å²) in [5.74, 6) is -2.59. The molecule has 0 amide bonds. The van der Waals surface area contributed by atoms with Gasteiger partial charge in [0.25, 0.3) is 6.43 Å². The molecule has 106 valence electrons. The normalized spacial score (nSPS) is 11.7. The smallest absolute Gasteiger partial charge is 0.481 e. The maximum atomic E-state index is 12.7. The number of alkyl halides is 5. The molecule has 0 fully saturated rings. The molecule has 10 heteroatoms. The molecule has 1 N–H and O–H groups in total. The zero-order valence-corrected chi connectivity index (χ0v) is 9.60. The first-order valence-electron chi connectivity index (χ1n) is 4.54. The fraction of sp³-hybridized carbons (Fsp3) is 0.333. The number of carbonyl (C=O) groups is 1. The molecule has 0 radical (unpaired) electrons. The zero-order valence-electron chi connectivity index (χ0n) is 8.84. The Morgan fingerprint density at radius 1 is 1.47 bits per heavy atom. The van der Waals surface area contributed by atoms with Crippen LogP contribution in [-0.4, -0.2) is 22.4 Å². The number of carboxylic acids is 1. The van der Waals surface area contributed by atoms with Crippen molar-refractivity contribution in [2.45, 2.75) is 19.2 Å². The van der Waals surface area contributed by atoms with Crippen LogP contribution >= 0.6 is 11.6 Å². The van der Waals surface area contributed by atoms with Crippen LogP contribution in [0.3, 0.4) is 0 Å². The highest BCUT2D eigenvalue weighted by atomic mass is 35.5. The number of hydrogen-bond donors (Lipinski definition) is 1. The van der Waals surface area contributed by atoms with Crippen molar-refractivity contribution in [2.75, 3.05) is 0 Å². The highest BCUT2D eigenvalue weighted by Gasteiger charge is 2.34. The highest BCUT2D eigenvalue weighted by Crippen LogP contribution is 2.38. The molecule has 0 saturated carbocycles. The maximum absolute atomic E-state index is 12.7. The van der Waals surface area contributed by atoms with Gasteiger partial charge in [0.2, 0.25) is 0 Å². The van der Waals surface area contributed by atoms with Crippen LogP contribution in [0.2, 0.25) is 5.02 Å². The summed E-state index contributed by atoms with van der Waals surface area (Å²) in [6.45, 7) is 0. The second-order valence-corrected chi connectivity index (χ2v) is 3.59. The summed E-state index contributed by atoms with van der Waals surface area (Å²) in [7, 11) is 0. The third-order valence-corrected chi connectivity index (χ3v) is 2.25. The molecule has 1 aromatic rings. The van der Waals surface area contributed by atoms with E-state index in [0.29, 0.717) is 6.20 Å². The van der Waals surface area contributed by atoms with Gasteiger partial charge in [-0.3, -0.25) is 9.78 Å². The highest BCUT2D eigenvalue weighted by molar-refractivity contribution is 6.33. The van der Waals surface area contributed by atoms with E-state index >= 15 is 0 Å². The van der Waals surface area contributed by atoms with Crippen molar-refractivity contribution in [1.82, 2.24) is 4.98 Å². The van der Waals surface area contributed by atoms with E-state index in [1.165, 1.54) is 0 Å². The number of hydrogen-bond acceptors (Lipinski definition) is 3. The fourth-order valence-electron chi connectivity index (χ4n) is 1.22. The second-order valence-electron chi connectivity index (χ2n) is 3.22. The Bertz CT molecular complexity index is 491. The minimum absolute atomic E-state index is 0.444.